The summed E-state index contributed by atoms with van der Waals surface area (Å²) in [4.78, 5) is 20.8. The van der Waals surface area contributed by atoms with Gasteiger partial charge in [0, 0.05) is 24.9 Å². The summed E-state index contributed by atoms with van der Waals surface area (Å²) in [5.74, 6) is 2.38. The SMILES string of the molecule is CCNC(=NCCc1nc(C(C)C)no1)NC1CCC(C(=O)OCC)CC1.I. The topological polar surface area (TPSA) is 102 Å². The van der Waals surface area contributed by atoms with E-state index in [0.29, 0.717) is 31.5 Å². The van der Waals surface area contributed by atoms with Gasteiger partial charge in [0.2, 0.25) is 5.89 Å². The second kappa shape index (κ2) is 12.9. The Kier molecular flexibility index (Phi) is 11.4. The Morgan fingerprint density at radius 3 is 2.57 bits per heavy atom. The van der Waals surface area contributed by atoms with Crippen molar-refractivity contribution < 1.29 is 14.1 Å². The van der Waals surface area contributed by atoms with Crippen molar-refractivity contribution in [2.45, 2.75) is 71.8 Å². The third kappa shape index (κ3) is 7.92. The van der Waals surface area contributed by atoms with E-state index in [9.17, 15) is 4.79 Å². The Morgan fingerprint density at radius 1 is 1.29 bits per heavy atom. The van der Waals surface area contributed by atoms with E-state index in [-0.39, 0.29) is 41.8 Å². The van der Waals surface area contributed by atoms with Crippen LogP contribution in [0.1, 0.15) is 71.0 Å². The van der Waals surface area contributed by atoms with Gasteiger partial charge in [0.1, 0.15) is 0 Å². The molecule has 1 heterocycles. The number of halogens is 1. The van der Waals surface area contributed by atoms with Gasteiger partial charge in [0.05, 0.1) is 19.1 Å². The van der Waals surface area contributed by atoms with Gasteiger partial charge in [-0.05, 0) is 39.5 Å². The van der Waals surface area contributed by atoms with E-state index in [2.05, 4.69) is 25.8 Å². The van der Waals surface area contributed by atoms with E-state index < -0.39 is 0 Å². The number of nitrogens with one attached hydrogen (secondary N) is 2. The molecule has 28 heavy (non-hydrogen) atoms. The first-order valence-electron chi connectivity index (χ1n) is 10.1. The molecule has 0 bridgehead atoms. The predicted octanol–water partition coefficient (Wildman–Crippen LogP) is 3.03. The van der Waals surface area contributed by atoms with Crippen LogP contribution in [0.25, 0.3) is 0 Å². The minimum Gasteiger partial charge on any atom is -0.466 e. The first-order valence-corrected chi connectivity index (χ1v) is 10.1. The van der Waals surface area contributed by atoms with Crippen LogP contribution in [0.5, 0.6) is 0 Å². The van der Waals surface area contributed by atoms with Gasteiger partial charge in [0.25, 0.3) is 0 Å². The Hall–Kier alpha value is -1.39. The van der Waals surface area contributed by atoms with Gasteiger partial charge < -0.3 is 19.9 Å². The van der Waals surface area contributed by atoms with Gasteiger partial charge in [-0.1, -0.05) is 19.0 Å². The zero-order chi connectivity index (χ0) is 19.6. The minimum absolute atomic E-state index is 0. The maximum Gasteiger partial charge on any atom is 0.308 e. The number of hydrogen-bond acceptors (Lipinski definition) is 6. The predicted molar refractivity (Wildman–Crippen MR) is 119 cm³/mol. The molecule has 1 fully saturated rings. The lowest BCUT2D eigenvalue weighted by molar-refractivity contribution is -0.149. The minimum atomic E-state index is -0.0585. The molecule has 0 aromatic carbocycles. The third-order valence-electron chi connectivity index (χ3n) is 4.63. The van der Waals surface area contributed by atoms with Crippen LogP contribution < -0.4 is 10.6 Å². The number of hydrogen-bond donors (Lipinski definition) is 2. The highest BCUT2D eigenvalue weighted by Gasteiger charge is 2.27. The van der Waals surface area contributed by atoms with Crippen molar-refractivity contribution in [2.75, 3.05) is 19.7 Å². The number of rotatable bonds is 8. The molecule has 0 spiro atoms. The smallest absolute Gasteiger partial charge is 0.308 e. The van der Waals surface area contributed by atoms with Gasteiger partial charge in [-0.15, -0.1) is 24.0 Å². The molecule has 0 unspecified atom stereocenters. The van der Waals surface area contributed by atoms with Crippen LogP contribution in [0.4, 0.5) is 0 Å². The molecule has 1 aliphatic carbocycles. The highest BCUT2D eigenvalue weighted by molar-refractivity contribution is 14.0. The van der Waals surface area contributed by atoms with Crippen LogP contribution in [0.15, 0.2) is 9.52 Å². The van der Waals surface area contributed by atoms with E-state index >= 15 is 0 Å². The fraction of sp³-hybridized carbons (Fsp3) is 0.789. The van der Waals surface area contributed by atoms with Gasteiger partial charge >= 0.3 is 5.97 Å². The molecule has 0 amide bonds. The maximum absolute atomic E-state index is 11.9. The molecule has 160 valence electrons. The first-order chi connectivity index (χ1) is 13.0. The number of nitrogens with zero attached hydrogens (tertiary/aromatic N) is 3. The van der Waals surface area contributed by atoms with Crippen molar-refractivity contribution in [1.29, 1.82) is 0 Å². The van der Waals surface area contributed by atoms with Crippen LogP contribution in [0.2, 0.25) is 0 Å². The van der Waals surface area contributed by atoms with E-state index in [4.69, 9.17) is 9.26 Å². The second-order valence-electron chi connectivity index (χ2n) is 7.16. The molecule has 8 nitrogen and oxygen atoms in total. The molecule has 0 aliphatic heterocycles. The van der Waals surface area contributed by atoms with Crippen LogP contribution >= 0.6 is 24.0 Å². The molecule has 0 atom stereocenters. The van der Waals surface area contributed by atoms with Gasteiger partial charge in [-0.3, -0.25) is 9.79 Å². The number of carbonyl (C=O) groups excluding carboxylic acids is 1. The summed E-state index contributed by atoms with van der Waals surface area (Å²) in [6.07, 6.45) is 4.21. The van der Waals surface area contributed by atoms with Crippen molar-refractivity contribution in [1.82, 2.24) is 20.8 Å². The fourth-order valence-corrected chi connectivity index (χ4v) is 3.11. The summed E-state index contributed by atoms with van der Waals surface area (Å²) in [5, 5.41) is 10.7. The van der Waals surface area contributed by atoms with E-state index in [1.54, 1.807) is 0 Å². The van der Waals surface area contributed by atoms with Crippen molar-refractivity contribution in [2.24, 2.45) is 10.9 Å². The molecule has 1 aliphatic rings. The third-order valence-corrected chi connectivity index (χ3v) is 4.63. The number of aliphatic imine (C=N–C) groups is 1. The summed E-state index contributed by atoms with van der Waals surface area (Å²) in [6, 6.07) is 0.324. The second-order valence-corrected chi connectivity index (χ2v) is 7.16. The first kappa shape index (κ1) is 24.6. The Labute approximate surface area is 184 Å². The van der Waals surface area contributed by atoms with Crippen molar-refractivity contribution >= 4 is 35.9 Å². The molecule has 0 radical (unpaired) electrons. The number of guanidine groups is 1. The number of aromatic nitrogens is 2. The van der Waals surface area contributed by atoms with Crippen LogP contribution in [-0.2, 0) is 16.0 Å². The van der Waals surface area contributed by atoms with Crippen LogP contribution in [-0.4, -0.2) is 47.8 Å². The Bertz CT molecular complexity index is 612. The number of ether oxygens (including phenoxy) is 1. The largest absolute Gasteiger partial charge is 0.466 e. The zero-order valence-corrected chi connectivity index (χ0v) is 19.7. The Balaban J connectivity index is 0.00000392. The normalized spacial score (nSPS) is 19.8. The zero-order valence-electron chi connectivity index (χ0n) is 17.4. The molecular weight excluding hydrogens is 473 g/mol. The van der Waals surface area contributed by atoms with Crippen LogP contribution in [0.3, 0.4) is 0 Å². The monoisotopic (exact) mass is 507 g/mol. The summed E-state index contributed by atoms with van der Waals surface area (Å²) in [5.41, 5.74) is 0. The molecule has 2 N–H and O–H groups in total. The van der Waals surface area contributed by atoms with Gasteiger partial charge in [-0.25, -0.2) is 0 Å². The molecule has 2 rings (SSSR count). The van der Waals surface area contributed by atoms with Crippen molar-refractivity contribution in [3.05, 3.63) is 11.7 Å². The van der Waals surface area contributed by atoms with Crippen LogP contribution in [0, 0.1) is 5.92 Å². The molecule has 0 saturated heterocycles. The van der Waals surface area contributed by atoms with Crippen molar-refractivity contribution in [3.8, 4) is 0 Å². The summed E-state index contributed by atoms with van der Waals surface area (Å²) >= 11 is 0. The molecular formula is C19H34IN5O3. The number of carbonyl (C=O) groups is 1. The molecule has 1 aromatic heterocycles. The van der Waals surface area contributed by atoms with E-state index in [1.807, 2.05) is 27.7 Å². The highest BCUT2D eigenvalue weighted by atomic mass is 127. The summed E-state index contributed by atoms with van der Waals surface area (Å²) < 4.78 is 10.4. The Morgan fingerprint density at radius 2 is 2.00 bits per heavy atom. The fourth-order valence-electron chi connectivity index (χ4n) is 3.11. The average molecular weight is 507 g/mol. The van der Waals surface area contributed by atoms with E-state index in [0.717, 1.165) is 44.0 Å². The highest BCUT2D eigenvalue weighted by Crippen LogP contribution is 2.25. The van der Waals surface area contributed by atoms with Crippen molar-refractivity contribution in [3.63, 3.8) is 0 Å². The summed E-state index contributed by atoms with van der Waals surface area (Å²) in [7, 11) is 0. The lowest BCUT2D eigenvalue weighted by Gasteiger charge is -2.29. The lowest BCUT2D eigenvalue weighted by Crippen LogP contribution is -2.45. The molecule has 9 heteroatoms. The summed E-state index contributed by atoms with van der Waals surface area (Å²) in [6.45, 7) is 9.79. The van der Waals surface area contributed by atoms with E-state index in [1.165, 1.54) is 0 Å². The molecule has 1 saturated carbocycles. The maximum atomic E-state index is 11.9. The van der Waals surface area contributed by atoms with Gasteiger partial charge in [-0.2, -0.15) is 4.98 Å². The standard InChI is InChI=1S/C19H33N5O3.HI/c1-5-20-19(21-12-11-16-23-17(13(3)4)24-27-16)22-15-9-7-14(8-10-15)18(25)26-6-2;/h13-15H,5-12H2,1-4H3,(H2,20,21,22);1H. The lowest BCUT2D eigenvalue weighted by atomic mass is 9.86. The molecule has 1 aromatic rings. The number of esters is 1. The average Bonchev–Trinajstić information content (AvgIpc) is 3.12. The van der Waals surface area contributed by atoms with Gasteiger partial charge in [0.15, 0.2) is 11.8 Å². The quantitative estimate of drug-likeness (QED) is 0.241.